The first kappa shape index (κ1) is 19.4. The lowest BCUT2D eigenvalue weighted by atomic mass is 9.87. The van der Waals surface area contributed by atoms with Crippen LogP contribution in [0, 0.1) is 5.92 Å². The topological polar surface area (TPSA) is 77.2 Å². The maximum Gasteiger partial charge on any atom is 0.250 e. The average Bonchev–Trinajstić information content (AvgIpc) is 2.75. The SMILES string of the molecule is C[C@H]1CC[C@H](NCc2ccc(Oc3ccc(C(N)=O)cn3)c3ccccc23)CC1. The average molecular weight is 389 g/mol. The molecule has 0 radical (unpaired) electrons. The molecule has 3 N–H and O–H groups in total. The third-order valence-electron chi connectivity index (χ3n) is 5.81. The number of ether oxygens (including phenoxy) is 1. The van der Waals surface area contributed by atoms with Gasteiger partial charge in [0, 0.05) is 30.2 Å². The molecule has 0 saturated heterocycles. The Balaban J connectivity index is 1.52. The van der Waals surface area contributed by atoms with E-state index in [0.717, 1.165) is 23.6 Å². The first-order chi connectivity index (χ1) is 14.1. The van der Waals surface area contributed by atoms with Crippen LogP contribution in [0.3, 0.4) is 0 Å². The van der Waals surface area contributed by atoms with Gasteiger partial charge in [-0.1, -0.05) is 37.3 Å². The van der Waals surface area contributed by atoms with Crippen LogP contribution in [0.4, 0.5) is 0 Å². The molecule has 0 unspecified atom stereocenters. The quantitative estimate of drug-likeness (QED) is 0.635. The third kappa shape index (κ3) is 4.57. The predicted octanol–water partition coefficient (Wildman–Crippen LogP) is 4.79. The Morgan fingerprint density at radius 1 is 1.07 bits per heavy atom. The summed E-state index contributed by atoms with van der Waals surface area (Å²) in [4.78, 5) is 15.4. The summed E-state index contributed by atoms with van der Waals surface area (Å²) >= 11 is 0. The van der Waals surface area contributed by atoms with E-state index >= 15 is 0 Å². The van der Waals surface area contributed by atoms with Crippen molar-refractivity contribution in [2.45, 2.75) is 45.2 Å². The van der Waals surface area contributed by atoms with E-state index in [1.54, 1.807) is 12.1 Å². The van der Waals surface area contributed by atoms with E-state index in [1.165, 1.54) is 42.8 Å². The largest absolute Gasteiger partial charge is 0.438 e. The fourth-order valence-electron chi connectivity index (χ4n) is 3.99. The minimum absolute atomic E-state index is 0.362. The van der Waals surface area contributed by atoms with Gasteiger partial charge in [0.2, 0.25) is 11.8 Å². The van der Waals surface area contributed by atoms with Crippen LogP contribution >= 0.6 is 0 Å². The van der Waals surface area contributed by atoms with Crippen molar-refractivity contribution in [1.29, 1.82) is 0 Å². The first-order valence-electron chi connectivity index (χ1n) is 10.3. The highest BCUT2D eigenvalue weighted by molar-refractivity contribution is 5.92. The number of nitrogens with two attached hydrogens (primary N) is 1. The molecule has 1 amide bonds. The fraction of sp³-hybridized carbons (Fsp3) is 0.333. The summed E-state index contributed by atoms with van der Waals surface area (Å²) in [7, 11) is 0. The highest BCUT2D eigenvalue weighted by atomic mass is 16.5. The van der Waals surface area contributed by atoms with Crippen LogP contribution in [0.1, 0.15) is 48.5 Å². The van der Waals surface area contributed by atoms with E-state index in [4.69, 9.17) is 10.5 Å². The molecule has 1 aliphatic rings. The minimum Gasteiger partial charge on any atom is -0.438 e. The number of aromatic nitrogens is 1. The van der Waals surface area contributed by atoms with Gasteiger partial charge in [-0.15, -0.1) is 0 Å². The van der Waals surface area contributed by atoms with E-state index < -0.39 is 5.91 Å². The molecule has 2 aromatic carbocycles. The van der Waals surface area contributed by atoms with Crippen molar-refractivity contribution in [3.8, 4) is 11.6 Å². The van der Waals surface area contributed by atoms with Crippen molar-refractivity contribution in [3.63, 3.8) is 0 Å². The van der Waals surface area contributed by atoms with E-state index in [2.05, 4.69) is 41.5 Å². The Hall–Kier alpha value is -2.92. The number of hydrogen-bond acceptors (Lipinski definition) is 4. The molecule has 5 nitrogen and oxygen atoms in total. The van der Waals surface area contributed by atoms with E-state index in [0.29, 0.717) is 17.5 Å². The molecular weight excluding hydrogens is 362 g/mol. The molecule has 1 aromatic heterocycles. The summed E-state index contributed by atoms with van der Waals surface area (Å²) in [6.45, 7) is 3.20. The minimum atomic E-state index is -0.501. The molecule has 0 spiro atoms. The van der Waals surface area contributed by atoms with Crippen molar-refractivity contribution in [1.82, 2.24) is 10.3 Å². The van der Waals surface area contributed by atoms with Gasteiger partial charge >= 0.3 is 0 Å². The second-order valence-electron chi connectivity index (χ2n) is 7.96. The summed E-state index contributed by atoms with van der Waals surface area (Å²) in [5.74, 6) is 1.53. The molecule has 0 bridgehead atoms. The maximum atomic E-state index is 11.2. The molecule has 5 heteroatoms. The molecular formula is C24H27N3O2. The Kier molecular flexibility index (Phi) is 5.76. The summed E-state index contributed by atoms with van der Waals surface area (Å²) in [6.07, 6.45) is 6.57. The molecule has 150 valence electrons. The van der Waals surface area contributed by atoms with Gasteiger partial charge < -0.3 is 15.8 Å². The number of fused-ring (bicyclic) bond motifs is 1. The lowest BCUT2D eigenvalue weighted by molar-refractivity contribution is 0.1000. The molecule has 1 fully saturated rings. The number of rotatable bonds is 6. The molecule has 4 rings (SSSR count). The Labute approximate surface area is 171 Å². The number of carbonyl (C=O) groups is 1. The van der Waals surface area contributed by atoms with Gasteiger partial charge in [-0.05, 0) is 54.7 Å². The van der Waals surface area contributed by atoms with Gasteiger partial charge in [-0.2, -0.15) is 0 Å². The van der Waals surface area contributed by atoms with E-state index in [1.807, 2.05) is 12.1 Å². The summed E-state index contributed by atoms with van der Waals surface area (Å²) in [6, 6.07) is 16.3. The second-order valence-corrected chi connectivity index (χ2v) is 7.96. The van der Waals surface area contributed by atoms with Gasteiger partial charge in [0.25, 0.3) is 0 Å². The number of nitrogens with one attached hydrogen (secondary N) is 1. The van der Waals surface area contributed by atoms with Crippen LogP contribution in [-0.2, 0) is 6.54 Å². The van der Waals surface area contributed by atoms with Gasteiger partial charge in [-0.3, -0.25) is 4.79 Å². The normalized spacial score (nSPS) is 19.2. The molecule has 1 heterocycles. The number of pyridine rings is 1. The monoisotopic (exact) mass is 389 g/mol. The molecule has 0 atom stereocenters. The summed E-state index contributed by atoms with van der Waals surface area (Å²) in [5.41, 5.74) is 6.90. The van der Waals surface area contributed by atoms with Crippen molar-refractivity contribution < 1.29 is 9.53 Å². The molecule has 0 aliphatic heterocycles. The maximum absolute atomic E-state index is 11.2. The number of benzene rings is 2. The zero-order chi connectivity index (χ0) is 20.2. The van der Waals surface area contributed by atoms with Crippen molar-refractivity contribution in [2.24, 2.45) is 11.7 Å². The molecule has 1 saturated carbocycles. The Morgan fingerprint density at radius 3 is 2.52 bits per heavy atom. The standard InChI is InChI=1S/C24H27N3O2/c1-16-6-10-19(11-7-16)26-14-17-8-12-22(21-5-3-2-4-20(17)21)29-23-13-9-18(15-27-23)24(25)28/h2-5,8-9,12-13,15-16,19,26H,6-7,10-11,14H2,1H3,(H2,25,28)/t16-,19-. The smallest absolute Gasteiger partial charge is 0.250 e. The van der Waals surface area contributed by atoms with Crippen molar-refractivity contribution in [2.75, 3.05) is 0 Å². The van der Waals surface area contributed by atoms with Crippen LogP contribution in [0.15, 0.2) is 54.7 Å². The third-order valence-corrected chi connectivity index (χ3v) is 5.81. The van der Waals surface area contributed by atoms with Gasteiger partial charge in [0.05, 0.1) is 5.56 Å². The number of primary amides is 1. The van der Waals surface area contributed by atoms with Gasteiger partial charge in [0.15, 0.2) is 0 Å². The zero-order valence-corrected chi connectivity index (χ0v) is 16.7. The summed E-state index contributed by atoms with van der Waals surface area (Å²) in [5, 5.41) is 5.96. The van der Waals surface area contributed by atoms with Crippen LogP contribution in [0.2, 0.25) is 0 Å². The van der Waals surface area contributed by atoms with Gasteiger partial charge in [0.1, 0.15) is 5.75 Å². The lowest BCUT2D eigenvalue weighted by Crippen LogP contribution is -2.32. The van der Waals surface area contributed by atoms with Crippen molar-refractivity contribution in [3.05, 3.63) is 65.9 Å². The van der Waals surface area contributed by atoms with Gasteiger partial charge in [-0.25, -0.2) is 4.98 Å². The lowest BCUT2D eigenvalue weighted by Gasteiger charge is -2.27. The fourth-order valence-corrected chi connectivity index (χ4v) is 3.99. The Bertz CT molecular complexity index is 993. The number of hydrogen-bond donors (Lipinski definition) is 2. The molecule has 3 aromatic rings. The second kappa shape index (κ2) is 8.62. The number of nitrogens with zero attached hydrogens (tertiary/aromatic N) is 1. The van der Waals surface area contributed by atoms with Crippen LogP contribution in [0.25, 0.3) is 10.8 Å². The van der Waals surface area contributed by atoms with E-state index in [-0.39, 0.29) is 0 Å². The van der Waals surface area contributed by atoms with Crippen LogP contribution in [0.5, 0.6) is 11.6 Å². The zero-order valence-electron chi connectivity index (χ0n) is 16.7. The van der Waals surface area contributed by atoms with Crippen molar-refractivity contribution >= 4 is 16.7 Å². The first-order valence-corrected chi connectivity index (χ1v) is 10.3. The molecule has 29 heavy (non-hydrogen) atoms. The van der Waals surface area contributed by atoms with E-state index in [9.17, 15) is 4.79 Å². The number of amides is 1. The summed E-state index contributed by atoms with van der Waals surface area (Å²) < 4.78 is 6.00. The molecule has 1 aliphatic carbocycles. The highest BCUT2D eigenvalue weighted by Gasteiger charge is 2.18. The van der Waals surface area contributed by atoms with Crippen LogP contribution < -0.4 is 15.8 Å². The predicted molar refractivity (Wildman–Crippen MR) is 115 cm³/mol. The Morgan fingerprint density at radius 2 is 1.83 bits per heavy atom. The number of carbonyl (C=O) groups excluding carboxylic acids is 1. The highest BCUT2D eigenvalue weighted by Crippen LogP contribution is 2.32. The van der Waals surface area contributed by atoms with Crippen LogP contribution in [-0.4, -0.2) is 16.9 Å².